The predicted octanol–water partition coefficient (Wildman–Crippen LogP) is 1.81. The van der Waals surface area contributed by atoms with Crippen molar-refractivity contribution in [2.75, 3.05) is 19.8 Å². The van der Waals surface area contributed by atoms with E-state index in [2.05, 4.69) is 0 Å². The van der Waals surface area contributed by atoms with Crippen LogP contribution in [0.4, 0.5) is 0 Å². The Morgan fingerprint density at radius 2 is 2.00 bits per heavy atom. The molecule has 0 saturated heterocycles. The number of aryl methyl sites for hydroxylation is 1. The number of carbonyl (C=O) groups excluding carboxylic acids is 2. The number of fused-ring (bicyclic) bond motifs is 1. The second-order valence-corrected chi connectivity index (χ2v) is 6.31. The summed E-state index contributed by atoms with van der Waals surface area (Å²) in [6.07, 6.45) is 0.0336. The van der Waals surface area contributed by atoms with E-state index in [-0.39, 0.29) is 30.2 Å². The number of rotatable bonds is 6. The number of benzene rings is 1. The maximum absolute atomic E-state index is 12.1. The monoisotopic (exact) mass is 363 g/mol. The third-order valence-electron chi connectivity index (χ3n) is 3.74. The number of aromatic nitrogens is 1. The van der Waals surface area contributed by atoms with Crippen molar-refractivity contribution < 1.29 is 23.8 Å². The van der Waals surface area contributed by atoms with Crippen molar-refractivity contribution in [1.82, 2.24) is 4.57 Å². The molecular formula is C17H17NO6S. The molecule has 0 bridgehead atoms. The zero-order valence-electron chi connectivity index (χ0n) is 13.6. The number of Topliss-reactive ketones (excluding diaryl/α,β-unsaturated/α-hetero) is 1. The van der Waals surface area contributed by atoms with Crippen molar-refractivity contribution in [3.8, 4) is 11.5 Å². The van der Waals surface area contributed by atoms with Crippen LogP contribution in [0.1, 0.15) is 22.5 Å². The molecule has 0 saturated carbocycles. The van der Waals surface area contributed by atoms with Gasteiger partial charge in [-0.2, -0.15) is 0 Å². The minimum atomic E-state index is -0.525. The lowest BCUT2D eigenvalue weighted by atomic mass is 10.1. The Morgan fingerprint density at radius 3 is 2.72 bits per heavy atom. The standard InChI is InChI=1S/C17H17NO6S/c1-11-10-25-17(21)18(11)5-4-16(20)24-9-13(19)12-2-3-14-15(8-12)23-7-6-22-14/h2-3,8,10H,4-7,9H2,1H3. The van der Waals surface area contributed by atoms with Crippen molar-refractivity contribution >= 4 is 23.1 Å². The number of ketones is 1. The number of nitrogens with zero attached hydrogens (tertiary/aromatic N) is 1. The van der Waals surface area contributed by atoms with Crippen molar-refractivity contribution in [2.24, 2.45) is 0 Å². The molecular weight excluding hydrogens is 346 g/mol. The molecule has 0 radical (unpaired) electrons. The van der Waals surface area contributed by atoms with Gasteiger partial charge in [0.15, 0.2) is 23.9 Å². The summed E-state index contributed by atoms with van der Waals surface area (Å²) in [4.78, 5) is 35.4. The molecule has 0 amide bonds. The summed E-state index contributed by atoms with van der Waals surface area (Å²) < 4.78 is 17.3. The van der Waals surface area contributed by atoms with Crippen LogP contribution in [0.25, 0.3) is 0 Å². The molecule has 2 heterocycles. The van der Waals surface area contributed by atoms with Gasteiger partial charge in [-0.3, -0.25) is 14.4 Å². The van der Waals surface area contributed by atoms with Crippen LogP contribution in [0.5, 0.6) is 11.5 Å². The second kappa shape index (κ2) is 7.52. The maximum Gasteiger partial charge on any atom is 0.308 e. The van der Waals surface area contributed by atoms with Crippen LogP contribution in [-0.2, 0) is 16.1 Å². The number of hydrogen-bond donors (Lipinski definition) is 0. The van der Waals surface area contributed by atoms with Gasteiger partial charge in [0.1, 0.15) is 13.2 Å². The van der Waals surface area contributed by atoms with Crippen LogP contribution in [0.2, 0.25) is 0 Å². The molecule has 1 aliphatic rings. The third kappa shape index (κ3) is 4.08. The van der Waals surface area contributed by atoms with E-state index in [0.717, 1.165) is 17.0 Å². The Labute approximate surface area is 147 Å². The topological polar surface area (TPSA) is 83.8 Å². The van der Waals surface area contributed by atoms with E-state index in [1.807, 2.05) is 0 Å². The Morgan fingerprint density at radius 1 is 1.24 bits per heavy atom. The molecule has 0 N–H and O–H groups in total. The van der Waals surface area contributed by atoms with Crippen molar-refractivity contribution in [1.29, 1.82) is 0 Å². The van der Waals surface area contributed by atoms with E-state index in [0.29, 0.717) is 30.3 Å². The summed E-state index contributed by atoms with van der Waals surface area (Å²) in [5.41, 5.74) is 1.19. The first-order valence-corrected chi connectivity index (χ1v) is 8.66. The van der Waals surface area contributed by atoms with E-state index in [4.69, 9.17) is 14.2 Å². The summed E-state index contributed by atoms with van der Waals surface area (Å²) in [5.74, 6) is 0.254. The zero-order chi connectivity index (χ0) is 17.8. The molecule has 0 fully saturated rings. The lowest BCUT2D eigenvalue weighted by Crippen LogP contribution is -2.20. The first kappa shape index (κ1) is 17.2. The summed E-state index contributed by atoms with van der Waals surface area (Å²) in [5, 5.41) is 1.74. The van der Waals surface area contributed by atoms with Gasteiger partial charge in [-0.1, -0.05) is 11.3 Å². The highest BCUT2D eigenvalue weighted by Gasteiger charge is 2.16. The van der Waals surface area contributed by atoms with Gasteiger partial charge in [0, 0.05) is 23.2 Å². The lowest BCUT2D eigenvalue weighted by molar-refractivity contribution is -0.142. The summed E-state index contributed by atoms with van der Waals surface area (Å²) in [6.45, 7) is 2.60. The molecule has 1 aromatic heterocycles. The Balaban J connectivity index is 1.52. The zero-order valence-corrected chi connectivity index (χ0v) is 14.5. The predicted molar refractivity (Wildman–Crippen MR) is 90.7 cm³/mol. The van der Waals surface area contributed by atoms with Gasteiger partial charge in [0.2, 0.25) is 0 Å². The van der Waals surface area contributed by atoms with Crippen LogP contribution < -0.4 is 14.3 Å². The molecule has 8 heteroatoms. The second-order valence-electron chi connectivity index (χ2n) is 5.49. The molecule has 2 aromatic rings. The van der Waals surface area contributed by atoms with E-state index < -0.39 is 5.97 Å². The van der Waals surface area contributed by atoms with Crippen LogP contribution in [0, 0.1) is 6.92 Å². The van der Waals surface area contributed by atoms with Gasteiger partial charge in [-0.05, 0) is 25.1 Å². The smallest absolute Gasteiger partial charge is 0.308 e. The molecule has 132 valence electrons. The summed E-state index contributed by atoms with van der Waals surface area (Å²) >= 11 is 1.09. The first-order chi connectivity index (χ1) is 12.0. The van der Waals surface area contributed by atoms with Crippen LogP contribution in [-0.4, -0.2) is 36.1 Å². The molecule has 1 aliphatic heterocycles. The van der Waals surface area contributed by atoms with Crippen molar-refractivity contribution in [3.05, 3.63) is 44.5 Å². The van der Waals surface area contributed by atoms with Crippen LogP contribution >= 0.6 is 11.3 Å². The number of esters is 1. The molecule has 0 unspecified atom stereocenters. The van der Waals surface area contributed by atoms with Gasteiger partial charge in [0.05, 0.1) is 6.42 Å². The van der Waals surface area contributed by atoms with Gasteiger partial charge in [-0.15, -0.1) is 0 Å². The van der Waals surface area contributed by atoms with E-state index in [9.17, 15) is 14.4 Å². The van der Waals surface area contributed by atoms with Crippen LogP contribution in [0.3, 0.4) is 0 Å². The van der Waals surface area contributed by atoms with E-state index in [1.54, 1.807) is 30.5 Å². The molecule has 25 heavy (non-hydrogen) atoms. The fourth-order valence-electron chi connectivity index (χ4n) is 2.40. The van der Waals surface area contributed by atoms with E-state index >= 15 is 0 Å². The van der Waals surface area contributed by atoms with Gasteiger partial charge in [-0.25, -0.2) is 0 Å². The van der Waals surface area contributed by atoms with E-state index in [1.165, 1.54) is 4.57 Å². The number of thiazole rings is 1. The van der Waals surface area contributed by atoms with Gasteiger partial charge in [0.25, 0.3) is 0 Å². The highest BCUT2D eigenvalue weighted by molar-refractivity contribution is 7.07. The quantitative estimate of drug-likeness (QED) is 0.575. The molecule has 0 atom stereocenters. The van der Waals surface area contributed by atoms with Crippen LogP contribution in [0.15, 0.2) is 28.4 Å². The molecule has 3 rings (SSSR count). The van der Waals surface area contributed by atoms with Crippen molar-refractivity contribution in [2.45, 2.75) is 19.9 Å². The average molecular weight is 363 g/mol. The molecule has 0 aliphatic carbocycles. The fraction of sp³-hybridized carbons (Fsp3) is 0.353. The Kier molecular flexibility index (Phi) is 5.18. The normalized spacial score (nSPS) is 12.7. The molecule has 0 spiro atoms. The third-order valence-corrected chi connectivity index (χ3v) is 4.63. The number of hydrogen-bond acceptors (Lipinski definition) is 7. The number of ether oxygens (including phenoxy) is 3. The minimum absolute atomic E-state index is 0.0336. The molecule has 7 nitrogen and oxygen atoms in total. The highest BCUT2D eigenvalue weighted by Crippen LogP contribution is 2.30. The fourth-order valence-corrected chi connectivity index (χ4v) is 3.16. The molecule has 1 aromatic carbocycles. The van der Waals surface area contributed by atoms with Gasteiger partial charge < -0.3 is 18.8 Å². The lowest BCUT2D eigenvalue weighted by Gasteiger charge is -2.18. The average Bonchev–Trinajstić information content (AvgIpc) is 2.95. The summed E-state index contributed by atoms with van der Waals surface area (Å²) in [7, 11) is 0. The van der Waals surface area contributed by atoms with Gasteiger partial charge >= 0.3 is 10.8 Å². The Hall–Kier alpha value is -2.61. The SMILES string of the molecule is Cc1csc(=O)n1CCC(=O)OCC(=O)c1ccc2c(c1)OCCO2. The first-order valence-electron chi connectivity index (χ1n) is 7.78. The van der Waals surface area contributed by atoms with Crippen molar-refractivity contribution in [3.63, 3.8) is 0 Å². The minimum Gasteiger partial charge on any atom is -0.486 e. The summed E-state index contributed by atoms with van der Waals surface area (Å²) in [6, 6.07) is 4.85. The number of carbonyl (C=O) groups is 2. The Bertz CT molecular complexity index is 853. The largest absolute Gasteiger partial charge is 0.486 e. The maximum atomic E-state index is 12.1. The highest BCUT2D eigenvalue weighted by atomic mass is 32.1.